The maximum absolute atomic E-state index is 11.6. The minimum absolute atomic E-state index is 0.227. The summed E-state index contributed by atoms with van der Waals surface area (Å²) >= 11 is 0. The largest absolute Gasteiger partial charge is 0.383 e. The van der Waals surface area contributed by atoms with Gasteiger partial charge in [-0.1, -0.05) is 51.5 Å². The molecule has 0 saturated heterocycles. The molecule has 31 heavy (non-hydrogen) atoms. The molecule has 5 N–H and O–H groups in total. The molecule has 1 amide bonds. The molecule has 0 unspecified atom stereocenters. The van der Waals surface area contributed by atoms with Crippen molar-refractivity contribution in [2.75, 3.05) is 11.1 Å². The van der Waals surface area contributed by atoms with E-state index in [4.69, 9.17) is 11.5 Å². The third-order valence-corrected chi connectivity index (χ3v) is 6.13. The van der Waals surface area contributed by atoms with Crippen LogP contribution >= 0.6 is 0 Å². The Balaban J connectivity index is 0.000000520. The van der Waals surface area contributed by atoms with E-state index in [9.17, 15) is 4.79 Å². The Hall–Kier alpha value is -3.29. The van der Waals surface area contributed by atoms with Gasteiger partial charge in [0.1, 0.15) is 17.2 Å². The molecule has 0 bridgehead atoms. The number of rotatable bonds is 4. The summed E-state index contributed by atoms with van der Waals surface area (Å²) in [4.78, 5) is 18.3. The van der Waals surface area contributed by atoms with E-state index < -0.39 is 5.91 Å². The number of hydrogen-bond acceptors (Lipinski definition) is 6. The number of nitrogens with two attached hydrogens (primary N) is 2. The molecule has 3 aliphatic rings. The van der Waals surface area contributed by atoms with Crippen LogP contribution in [0.3, 0.4) is 0 Å². The SMILES string of the molecule is C1CCC1.C=C1C(Nc2cc(N)n3ncc(C(N)=O)c3n2)=CC=CN1C1CCCCC1. The van der Waals surface area contributed by atoms with E-state index >= 15 is 0 Å². The Morgan fingerprint density at radius 1 is 1.13 bits per heavy atom. The molecule has 0 aromatic carbocycles. The molecule has 8 heteroatoms. The van der Waals surface area contributed by atoms with Gasteiger partial charge in [-0.25, -0.2) is 4.98 Å². The highest BCUT2D eigenvalue weighted by molar-refractivity contribution is 5.98. The zero-order valence-electron chi connectivity index (χ0n) is 17.9. The molecule has 2 aromatic heterocycles. The highest BCUT2D eigenvalue weighted by Gasteiger charge is 2.24. The van der Waals surface area contributed by atoms with Crippen LogP contribution < -0.4 is 16.8 Å². The van der Waals surface area contributed by atoms with Gasteiger partial charge >= 0.3 is 0 Å². The average molecular weight is 422 g/mol. The molecule has 0 spiro atoms. The summed E-state index contributed by atoms with van der Waals surface area (Å²) in [5, 5.41) is 7.34. The van der Waals surface area contributed by atoms with Crippen LogP contribution in [0.5, 0.6) is 0 Å². The summed E-state index contributed by atoms with van der Waals surface area (Å²) in [6.45, 7) is 4.26. The number of aromatic nitrogens is 3. The van der Waals surface area contributed by atoms with E-state index in [1.807, 2.05) is 12.2 Å². The first-order valence-corrected chi connectivity index (χ1v) is 11.1. The number of carbonyl (C=O) groups is 1. The van der Waals surface area contributed by atoms with Crippen LogP contribution in [-0.4, -0.2) is 31.4 Å². The number of anilines is 2. The van der Waals surface area contributed by atoms with Gasteiger partial charge in [-0.05, 0) is 25.0 Å². The molecule has 0 atom stereocenters. The van der Waals surface area contributed by atoms with Crippen LogP contribution in [0.15, 0.2) is 48.6 Å². The Morgan fingerprint density at radius 2 is 1.81 bits per heavy atom. The van der Waals surface area contributed by atoms with Crippen molar-refractivity contribution in [3.8, 4) is 0 Å². The number of amides is 1. The van der Waals surface area contributed by atoms with E-state index in [0.717, 1.165) is 11.4 Å². The number of allylic oxidation sites excluding steroid dienone is 2. The second-order valence-corrected chi connectivity index (χ2v) is 8.33. The van der Waals surface area contributed by atoms with Crippen molar-refractivity contribution in [2.24, 2.45) is 5.73 Å². The fourth-order valence-corrected chi connectivity index (χ4v) is 3.98. The first-order valence-electron chi connectivity index (χ1n) is 11.1. The Kier molecular flexibility index (Phi) is 6.25. The molecule has 2 aromatic rings. The van der Waals surface area contributed by atoms with Gasteiger partial charge in [-0.2, -0.15) is 9.61 Å². The molecule has 2 saturated carbocycles. The Bertz CT molecular complexity index is 1020. The lowest BCUT2D eigenvalue weighted by atomic mass is 9.93. The van der Waals surface area contributed by atoms with Gasteiger partial charge in [0.05, 0.1) is 17.6 Å². The average Bonchev–Trinajstić information content (AvgIpc) is 3.14. The van der Waals surface area contributed by atoms with Crippen molar-refractivity contribution in [3.05, 3.63) is 54.2 Å². The maximum atomic E-state index is 11.6. The second kappa shape index (κ2) is 9.24. The van der Waals surface area contributed by atoms with Crippen LogP contribution in [0.1, 0.15) is 68.1 Å². The summed E-state index contributed by atoms with van der Waals surface area (Å²) in [5.74, 6) is 0.271. The predicted octanol–water partition coefficient (Wildman–Crippen LogP) is 3.94. The highest BCUT2D eigenvalue weighted by Crippen LogP contribution is 2.30. The van der Waals surface area contributed by atoms with Crippen molar-refractivity contribution in [1.82, 2.24) is 19.5 Å². The zero-order valence-corrected chi connectivity index (χ0v) is 17.9. The molecule has 2 aliphatic carbocycles. The fourth-order valence-electron chi connectivity index (χ4n) is 3.98. The van der Waals surface area contributed by atoms with Crippen LogP contribution in [0, 0.1) is 0 Å². The topological polar surface area (TPSA) is 115 Å². The first-order chi connectivity index (χ1) is 15.0. The highest BCUT2D eigenvalue weighted by atomic mass is 16.1. The Morgan fingerprint density at radius 3 is 2.45 bits per heavy atom. The number of nitrogens with zero attached hydrogens (tertiary/aromatic N) is 4. The summed E-state index contributed by atoms with van der Waals surface area (Å²) in [7, 11) is 0. The van der Waals surface area contributed by atoms with Crippen molar-refractivity contribution < 1.29 is 4.79 Å². The van der Waals surface area contributed by atoms with E-state index in [1.165, 1.54) is 68.5 Å². The summed E-state index contributed by atoms with van der Waals surface area (Å²) in [5.41, 5.74) is 13.7. The molecular formula is C23H31N7O. The standard InChI is InChI=1S/C19H23N7O.C4H8/c1-12-15(8-5-9-25(12)13-6-3-2-4-7-13)23-17-10-16(20)26-19(24-17)14(11-22-26)18(21)27;1-2-4-3-1/h5,8-11,13H,1-4,6-7,20H2,(H2,21,27)(H,23,24);1-4H2. The van der Waals surface area contributed by atoms with Crippen LogP contribution in [-0.2, 0) is 0 Å². The molecule has 8 nitrogen and oxygen atoms in total. The molecule has 3 heterocycles. The van der Waals surface area contributed by atoms with Crippen LogP contribution in [0.2, 0.25) is 0 Å². The monoisotopic (exact) mass is 421 g/mol. The number of nitrogens with one attached hydrogen (secondary N) is 1. The third kappa shape index (κ3) is 4.57. The molecule has 1 aliphatic heterocycles. The molecule has 0 radical (unpaired) electrons. The number of hydrogen-bond donors (Lipinski definition) is 3. The number of fused-ring (bicyclic) bond motifs is 1. The summed E-state index contributed by atoms with van der Waals surface area (Å²) in [6.07, 6.45) is 19.6. The minimum Gasteiger partial charge on any atom is -0.383 e. The van der Waals surface area contributed by atoms with Gasteiger partial charge in [-0.3, -0.25) is 4.79 Å². The lowest BCUT2D eigenvalue weighted by molar-refractivity contribution is 0.100. The lowest BCUT2D eigenvalue weighted by Crippen LogP contribution is -2.34. The minimum atomic E-state index is -0.596. The normalized spacial score (nSPS) is 18.8. The van der Waals surface area contributed by atoms with Gasteiger partial charge in [0.15, 0.2) is 5.65 Å². The van der Waals surface area contributed by atoms with Crippen LogP contribution in [0.4, 0.5) is 11.6 Å². The molecule has 164 valence electrons. The molecule has 2 fully saturated rings. The van der Waals surface area contributed by atoms with Gasteiger partial charge in [0.25, 0.3) is 5.91 Å². The van der Waals surface area contributed by atoms with Gasteiger partial charge in [0.2, 0.25) is 0 Å². The second-order valence-electron chi connectivity index (χ2n) is 8.33. The molecular weight excluding hydrogens is 390 g/mol. The van der Waals surface area contributed by atoms with Crippen molar-refractivity contribution >= 4 is 23.2 Å². The number of nitrogen functional groups attached to an aromatic ring is 1. The number of primary amides is 1. The van der Waals surface area contributed by atoms with E-state index in [-0.39, 0.29) is 5.56 Å². The Labute approximate surface area is 182 Å². The van der Waals surface area contributed by atoms with E-state index in [1.54, 1.807) is 6.07 Å². The summed E-state index contributed by atoms with van der Waals surface area (Å²) in [6, 6.07) is 2.15. The third-order valence-electron chi connectivity index (χ3n) is 6.13. The van der Waals surface area contributed by atoms with Crippen molar-refractivity contribution in [1.29, 1.82) is 0 Å². The van der Waals surface area contributed by atoms with Gasteiger partial charge < -0.3 is 21.7 Å². The fraction of sp³-hybridized carbons (Fsp3) is 0.435. The maximum Gasteiger partial charge on any atom is 0.254 e. The quantitative estimate of drug-likeness (QED) is 0.689. The predicted molar refractivity (Wildman–Crippen MR) is 123 cm³/mol. The van der Waals surface area contributed by atoms with Gasteiger partial charge in [0, 0.05) is 18.3 Å². The van der Waals surface area contributed by atoms with E-state index in [0.29, 0.717) is 23.3 Å². The smallest absolute Gasteiger partial charge is 0.254 e. The molecule has 5 rings (SSSR count). The van der Waals surface area contributed by atoms with Crippen molar-refractivity contribution in [3.63, 3.8) is 0 Å². The van der Waals surface area contributed by atoms with Crippen molar-refractivity contribution in [2.45, 2.75) is 63.8 Å². The lowest BCUT2D eigenvalue weighted by Gasteiger charge is -2.37. The number of carbonyl (C=O) groups excluding carboxylic acids is 1. The first kappa shape index (κ1) is 21.0. The zero-order chi connectivity index (χ0) is 21.8. The van der Waals surface area contributed by atoms with Gasteiger partial charge in [-0.15, -0.1) is 0 Å². The van der Waals surface area contributed by atoms with Crippen LogP contribution in [0.25, 0.3) is 5.65 Å². The van der Waals surface area contributed by atoms with E-state index in [2.05, 4.69) is 33.1 Å². The summed E-state index contributed by atoms with van der Waals surface area (Å²) < 4.78 is 1.39.